The first kappa shape index (κ1) is 14.6. The minimum atomic E-state index is -0.0317. The predicted molar refractivity (Wildman–Crippen MR) is 98.4 cm³/mol. The summed E-state index contributed by atoms with van der Waals surface area (Å²) in [6.45, 7) is 0.574. The van der Waals surface area contributed by atoms with Crippen LogP contribution in [0.2, 0.25) is 0 Å². The largest absolute Gasteiger partial charge is 0.346 e. The summed E-state index contributed by atoms with van der Waals surface area (Å²) < 4.78 is 1.17. The van der Waals surface area contributed by atoms with Gasteiger partial charge in [-0.2, -0.15) is 0 Å². The molecule has 23 heavy (non-hydrogen) atoms. The fraction of sp³-hybridized carbons (Fsp3) is 0.0588. The molecule has 1 N–H and O–H groups in total. The fourth-order valence-electron chi connectivity index (χ4n) is 2.22. The molecule has 4 rings (SSSR count). The van der Waals surface area contributed by atoms with E-state index >= 15 is 0 Å². The Hall–Kier alpha value is -2.02. The highest BCUT2D eigenvalue weighted by Gasteiger charge is 2.13. The van der Waals surface area contributed by atoms with Crippen molar-refractivity contribution < 1.29 is 4.79 Å². The minimum Gasteiger partial charge on any atom is -0.346 e. The molecule has 0 saturated heterocycles. The van der Waals surface area contributed by atoms with Gasteiger partial charge in [-0.25, -0.2) is 4.98 Å². The van der Waals surface area contributed by atoms with E-state index in [-0.39, 0.29) is 5.91 Å². The van der Waals surface area contributed by atoms with Gasteiger partial charge in [-0.05, 0) is 35.7 Å². The average Bonchev–Trinajstić information content (AvgIpc) is 3.31. The molecule has 3 aromatic heterocycles. The molecule has 0 unspecified atom stereocenters. The Bertz CT molecular complexity index is 920. The van der Waals surface area contributed by atoms with Gasteiger partial charge < -0.3 is 5.32 Å². The first-order valence-electron chi connectivity index (χ1n) is 7.06. The molecule has 1 amide bonds. The first-order chi connectivity index (χ1) is 11.3. The van der Waals surface area contributed by atoms with Crippen molar-refractivity contribution in [2.45, 2.75) is 6.54 Å². The van der Waals surface area contributed by atoms with Gasteiger partial charge in [0.05, 0.1) is 26.5 Å². The number of nitrogens with one attached hydrogen (secondary N) is 1. The lowest BCUT2D eigenvalue weighted by Crippen LogP contribution is -2.21. The Kier molecular flexibility index (Phi) is 3.95. The van der Waals surface area contributed by atoms with Crippen molar-refractivity contribution in [1.29, 1.82) is 0 Å². The topological polar surface area (TPSA) is 42.0 Å². The first-order valence-corrected chi connectivity index (χ1v) is 9.57. The lowest BCUT2D eigenvalue weighted by atomic mass is 10.3. The zero-order valence-corrected chi connectivity index (χ0v) is 14.4. The van der Waals surface area contributed by atoms with Crippen molar-refractivity contribution in [3.8, 4) is 9.88 Å². The van der Waals surface area contributed by atoms with Crippen LogP contribution in [0.5, 0.6) is 0 Å². The molecule has 0 fully saturated rings. The number of carbonyl (C=O) groups excluding carboxylic acids is 1. The third-order valence-electron chi connectivity index (χ3n) is 3.34. The van der Waals surface area contributed by atoms with Crippen LogP contribution in [-0.4, -0.2) is 10.9 Å². The van der Waals surface area contributed by atoms with Gasteiger partial charge in [0.25, 0.3) is 5.91 Å². The van der Waals surface area contributed by atoms with E-state index in [1.54, 1.807) is 22.7 Å². The third-order valence-corrected chi connectivity index (χ3v) is 6.50. The number of para-hydroxylation sites is 1. The number of amides is 1. The number of aromatic nitrogens is 1. The van der Waals surface area contributed by atoms with E-state index in [1.807, 2.05) is 47.8 Å². The summed E-state index contributed by atoms with van der Waals surface area (Å²) in [6.07, 6.45) is 0. The molecule has 4 aromatic rings. The Morgan fingerprint density at radius 3 is 2.78 bits per heavy atom. The normalized spacial score (nSPS) is 11.0. The quantitative estimate of drug-likeness (QED) is 0.558. The van der Waals surface area contributed by atoms with Crippen LogP contribution in [0.25, 0.3) is 20.1 Å². The van der Waals surface area contributed by atoms with Gasteiger partial charge >= 0.3 is 0 Å². The van der Waals surface area contributed by atoms with Crippen molar-refractivity contribution in [2.75, 3.05) is 0 Å². The van der Waals surface area contributed by atoms with Gasteiger partial charge in [-0.1, -0.05) is 18.2 Å². The maximum absolute atomic E-state index is 12.2. The second-order valence-corrected chi connectivity index (χ2v) is 8.06. The van der Waals surface area contributed by atoms with E-state index in [4.69, 9.17) is 0 Å². The van der Waals surface area contributed by atoms with Crippen LogP contribution in [0.1, 0.15) is 14.5 Å². The van der Waals surface area contributed by atoms with Crippen LogP contribution in [0.15, 0.2) is 53.9 Å². The van der Waals surface area contributed by atoms with Crippen LogP contribution in [0.3, 0.4) is 0 Å². The number of hydrogen-bond donors (Lipinski definition) is 1. The Labute approximate surface area is 145 Å². The molecular formula is C17H12N2OS3. The Balaban J connectivity index is 1.52. The van der Waals surface area contributed by atoms with E-state index in [0.717, 1.165) is 25.2 Å². The van der Waals surface area contributed by atoms with Crippen LogP contribution < -0.4 is 5.32 Å². The molecular weight excluding hydrogens is 344 g/mol. The summed E-state index contributed by atoms with van der Waals surface area (Å²) in [5.74, 6) is -0.0317. The van der Waals surface area contributed by atoms with Crippen molar-refractivity contribution >= 4 is 50.1 Å². The zero-order chi connectivity index (χ0) is 15.6. The van der Waals surface area contributed by atoms with Gasteiger partial charge in [0.2, 0.25) is 0 Å². The maximum atomic E-state index is 12.2. The van der Waals surface area contributed by atoms with E-state index in [1.165, 1.54) is 16.0 Å². The van der Waals surface area contributed by atoms with Crippen molar-refractivity contribution in [3.63, 3.8) is 0 Å². The van der Waals surface area contributed by atoms with Crippen molar-refractivity contribution in [2.24, 2.45) is 0 Å². The predicted octanol–water partition coefficient (Wildman–Crippen LogP) is 5.02. The standard InChI is InChI=1S/C17H12N2OS3/c20-16(18-10-11-4-3-9-21-11)14-7-8-15(22-14)17-19-12-5-1-2-6-13(12)23-17/h1-9H,10H2,(H,18,20). The second-order valence-electron chi connectivity index (χ2n) is 4.91. The molecule has 0 atom stereocenters. The molecule has 0 spiro atoms. The van der Waals surface area contributed by atoms with Crippen molar-refractivity contribution in [3.05, 3.63) is 63.7 Å². The number of hydrogen-bond acceptors (Lipinski definition) is 5. The monoisotopic (exact) mass is 356 g/mol. The summed E-state index contributed by atoms with van der Waals surface area (Å²) in [5, 5.41) is 5.94. The number of thiazole rings is 1. The van der Waals surface area contributed by atoms with E-state index < -0.39 is 0 Å². The SMILES string of the molecule is O=C(NCc1cccs1)c1ccc(-c2nc3ccccc3s2)s1. The molecule has 3 heterocycles. The van der Waals surface area contributed by atoms with E-state index in [0.29, 0.717) is 6.54 Å². The molecule has 3 nitrogen and oxygen atoms in total. The number of rotatable bonds is 4. The molecule has 0 saturated carbocycles. The molecule has 0 aliphatic heterocycles. The number of nitrogens with zero attached hydrogens (tertiary/aromatic N) is 1. The Morgan fingerprint density at radius 1 is 1.04 bits per heavy atom. The third kappa shape index (κ3) is 3.06. The zero-order valence-electron chi connectivity index (χ0n) is 12.0. The molecule has 6 heteroatoms. The van der Waals surface area contributed by atoms with Crippen LogP contribution in [-0.2, 0) is 6.54 Å². The average molecular weight is 356 g/mol. The van der Waals surface area contributed by atoms with Crippen LogP contribution in [0.4, 0.5) is 0 Å². The maximum Gasteiger partial charge on any atom is 0.261 e. The van der Waals surface area contributed by atoms with Crippen molar-refractivity contribution in [1.82, 2.24) is 10.3 Å². The van der Waals surface area contributed by atoms with Gasteiger partial charge in [-0.3, -0.25) is 4.79 Å². The summed E-state index contributed by atoms with van der Waals surface area (Å²) in [4.78, 5) is 19.8. The lowest BCUT2D eigenvalue weighted by Gasteiger charge is -2.00. The van der Waals surface area contributed by atoms with Crippen LogP contribution >= 0.6 is 34.0 Å². The molecule has 0 aliphatic carbocycles. The lowest BCUT2D eigenvalue weighted by molar-refractivity contribution is 0.0955. The Morgan fingerprint density at radius 2 is 1.96 bits per heavy atom. The summed E-state index contributed by atoms with van der Waals surface area (Å²) in [5.41, 5.74) is 1.00. The number of thiophene rings is 2. The number of fused-ring (bicyclic) bond motifs is 1. The highest BCUT2D eigenvalue weighted by Crippen LogP contribution is 2.34. The van der Waals surface area contributed by atoms with Gasteiger partial charge in [0.15, 0.2) is 0 Å². The highest BCUT2D eigenvalue weighted by atomic mass is 32.1. The highest BCUT2D eigenvalue weighted by molar-refractivity contribution is 7.26. The molecule has 0 bridgehead atoms. The summed E-state index contributed by atoms with van der Waals surface area (Å²) in [6, 6.07) is 15.9. The molecule has 1 aromatic carbocycles. The number of carbonyl (C=O) groups is 1. The smallest absolute Gasteiger partial charge is 0.261 e. The molecule has 0 radical (unpaired) electrons. The van der Waals surface area contributed by atoms with E-state index in [9.17, 15) is 4.79 Å². The van der Waals surface area contributed by atoms with Crippen LogP contribution in [0, 0.1) is 0 Å². The summed E-state index contributed by atoms with van der Waals surface area (Å²) in [7, 11) is 0. The molecule has 114 valence electrons. The fourth-order valence-corrected chi connectivity index (χ4v) is 4.81. The molecule has 0 aliphatic rings. The van der Waals surface area contributed by atoms with Gasteiger partial charge in [0.1, 0.15) is 5.01 Å². The second kappa shape index (κ2) is 6.23. The van der Waals surface area contributed by atoms with Gasteiger partial charge in [-0.15, -0.1) is 34.0 Å². The summed E-state index contributed by atoms with van der Waals surface area (Å²) >= 11 is 4.79. The minimum absolute atomic E-state index is 0.0317. The number of benzene rings is 1. The van der Waals surface area contributed by atoms with E-state index in [2.05, 4.69) is 16.4 Å². The van der Waals surface area contributed by atoms with Gasteiger partial charge in [0, 0.05) is 4.88 Å².